The molecule has 0 saturated carbocycles. The van der Waals surface area contributed by atoms with E-state index in [0.717, 1.165) is 12.3 Å². The first-order valence-corrected chi connectivity index (χ1v) is 6.39. The quantitative estimate of drug-likeness (QED) is 0.786. The van der Waals surface area contributed by atoms with Crippen molar-refractivity contribution in [2.24, 2.45) is 0 Å². The maximum Gasteiger partial charge on any atom is 0.417 e. The predicted octanol–water partition coefficient (Wildman–Crippen LogP) is 1.59. The van der Waals surface area contributed by atoms with Gasteiger partial charge in [0.25, 0.3) is 10.1 Å². The smallest absolute Gasteiger partial charge is 0.417 e. The second-order valence-corrected chi connectivity index (χ2v) is 5.00. The van der Waals surface area contributed by atoms with Crippen LogP contribution in [0.4, 0.5) is 13.2 Å². The largest absolute Gasteiger partial charge is 0.481 e. The molecule has 0 bridgehead atoms. The number of hydrogen-bond acceptors (Lipinski definition) is 5. The summed E-state index contributed by atoms with van der Waals surface area (Å²) in [5, 5.41) is 0. The number of alkyl halides is 3. The summed E-state index contributed by atoms with van der Waals surface area (Å²) in [6.07, 6.45) is -3.18. The summed E-state index contributed by atoms with van der Waals surface area (Å²) in [5.41, 5.74) is -1.10. The van der Waals surface area contributed by atoms with Gasteiger partial charge in [0.1, 0.15) is 0 Å². The molecule has 0 unspecified atom stereocenters. The third kappa shape index (κ3) is 4.15. The van der Waals surface area contributed by atoms with Gasteiger partial charge in [-0.1, -0.05) is 0 Å². The summed E-state index contributed by atoms with van der Waals surface area (Å²) in [7, 11) is -2.55. The molecule has 0 saturated heterocycles. The first-order valence-electron chi connectivity index (χ1n) is 4.58. The van der Waals surface area contributed by atoms with Crippen LogP contribution in [0.25, 0.3) is 0 Å². The van der Waals surface area contributed by atoms with Crippen LogP contribution in [0.2, 0.25) is 0 Å². The zero-order chi connectivity index (χ0) is 14.0. The average Bonchev–Trinajstić information content (AvgIpc) is 2.23. The van der Waals surface area contributed by atoms with E-state index in [4.69, 9.17) is 4.74 Å². The van der Waals surface area contributed by atoms with E-state index in [-0.39, 0.29) is 11.4 Å². The van der Waals surface area contributed by atoms with Gasteiger partial charge < -0.3 is 4.74 Å². The summed E-state index contributed by atoms with van der Waals surface area (Å²) >= 11 is 0. The molecular weight excluding hydrogens is 275 g/mol. The Morgan fingerprint density at radius 3 is 2.44 bits per heavy atom. The summed E-state index contributed by atoms with van der Waals surface area (Å²) < 4.78 is 68.0. The van der Waals surface area contributed by atoms with E-state index < -0.39 is 28.5 Å². The van der Waals surface area contributed by atoms with Crippen LogP contribution in [0.1, 0.15) is 11.1 Å². The van der Waals surface area contributed by atoms with Crippen molar-refractivity contribution in [3.05, 3.63) is 23.4 Å². The summed E-state index contributed by atoms with van der Waals surface area (Å²) in [4.78, 5) is 3.45. The standard InChI is InChI=1S/C9H10F3NO4S/c1-16-8-6(5-17-18(2,14)15)3-7(4-13-8)9(10,11)12/h3-4H,5H2,1-2H3. The minimum absolute atomic E-state index is 0.0993. The molecule has 1 heterocycles. The number of methoxy groups -OCH3 is 1. The van der Waals surface area contributed by atoms with Crippen molar-refractivity contribution >= 4 is 10.1 Å². The number of rotatable bonds is 4. The Morgan fingerprint density at radius 2 is 2.00 bits per heavy atom. The lowest BCUT2D eigenvalue weighted by Crippen LogP contribution is -2.09. The number of halogens is 3. The molecule has 102 valence electrons. The van der Waals surface area contributed by atoms with Crippen LogP contribution in [0.5, 0.6) is 5.88 Å². The number of ether oxygens (including phenoxy) is 1. The van der Waals surface area contributed by atoms with Gasteiger partial charge in [-0.25, -0.2) is 4.98 Å². The normalized spacial score (nSPS) is 12.5. The fourth-order valence-corrected chi connectivity index (χ4v) is 1.45. The average molecular weight is 285 g/mol. The summed E-state index contributed by atoms with van der Waals surface area (Å²) in [5.74, 6) is -0.119. The second-order valence-electron chi connectivity index (χ2n) is 3.36. The van der Waals surface area contributed by atoms with Gasteiger partial charge in [-0.15, -0.1) is 0 Å². The molecule has 0 radical (unpaired) electrons. The van der Waals surface area contributed by atoms with Crippen LogP contribution in [0, 0.1) is 0 Å². The minimum Gasteiger partial charge on any atom is -0.481 e. The molecule has 0 aliphatic heterocycles. The summed E-state index contributed by atoms with van der Waals surface area (Å²) in [6.45, 7) is -0.571. The molecule has 0 atom stereocenters. The predicted molar refractivity (Wildman–Crippen MR) is 55.4 cm³/mol. The Labute approximate surface area is 102 Å². The SMILES string of the molecule is COc1ncc(C(F)(F)F)cc1COS(C)(=O)=O. The fourth-order valence-electron chi connectivity index (χ4n) is 1.11. The molecule has 1 rings (SSSR count). The molecule has 0 spiro atoms. The number of aromatic nitrogens is 1. The first-order chi connectivity index (χ1) is 8.13. The van der Waals surface area contributed by atoms with Crippen molar-refractivity contribution in [3.63, 3.8) is 0 Å². The molecule has 1 aromatic rings. The summed E-state index contributed by atoms with van der Waals surface area (Å²) in [6, 6.07) is 0.733. The van der Waals surface area contributed by atoms with Crippen molar-refractivity contribution in [2.45, 2.75) is 12.8 Å². The van der Waals surface area contributed by atoms with Gasteiger partial charge in [-0.05, 0) is 6.07 Å². The van der Waals surface area contributed by atoms with Gasteiger partial charge in [0, 0.05) is 11.8 Å². The topological polar surface area (TPSA) is 65.5 Å². The number of nitrogens with zero attached hydrogens (tertiary/aromatic N) is 1. The Kier molecular flexibility index (Phi) is 4.17. The zero-order valence-electron chi connectivity index (χ0n) is 9.48. The Hall–Kier alpha value is -1.35. The lowest BCUT2D eigenvalue weighted by molar-refractivity contribution is -0.137. The van der Waals surface area contributed by atoms with Gasteiger partial charge in [0.2, 0.25) is 5.88 Å². The molecule has 0 aromatic carbocycles. The van der Waals surface area contributed by atoms with Gasteiger partial charge in [0.05, 0.1) is 25.5 Å². The minimum atomic E-state index is -4.57. The molecule has 5 nitrogen and oxygen atoms in total. The Morgan fingerprint density at radius 1 is 1.39 bits per heavy atom. The molecule has 0 N–H and O–H groups in total. The van der Waals surface area contributed by atoms with E-state index in [1.54, 1.807) is 0 Å². The van der Waals surface area contributed by atoms with Crippen LogP contribution in [-0.4, -0.2) is 26.8 Å². The highest BCUT2D eigenvalue weighted by molar-refractivity contribution is 7.85. The highest BCUT2D eigenvalue weighted by atomic mass is 32.2. The fraction of sp³-hybridized carbons (Fsp3) is 0.444. The van der Waals surface area contributed by atoms with Gasteiger partial charge in [-0.2, -0.15) is 21.6 Å². The molecule has 0 aliphatic carbocycles. The first kappa shape index (κ1) is 14.7. The molecule has 0 aliphatic rings. The van der Waals surface area contributed by atoms with E-state index in [1.165, 1.54) is 7.11 Å². The number of pyridine rings is 1. The van der Waals surface area contributed by atoms with Crippen molar-refractivity contribution in [1.29, 1.82) is 0 Å². The van der Waals surface area contributed by atoms with Crippen LogP contribution >= 0.6 is 0 Å². The van der Waals surface area contributed by atoms with Crippen LogP contribution in [0.15, 0.2) is 12.3 Å². The monoisotopic (exact) mass is 285 g/mol. The highest BCUT2D eigenvalue weighted by Gasteiger charge is 2.32. The van der Waals surface area contributed by atoms with E-state index in [1.807, 2.05) is 0 Å². The van der Waals surface area contributed by atoms with Gasteiger partial charge in [-0.3, -0.25) is 4.18 Å². The Bertz CT molecular complexity index is 527. The Balaban J connectivity index is 3.07. The molecule has 0 fully saturated rings. The van der Waals surface area contributed by atoms with Crippen molar-refractivity contribution in [2.75, 3.05) is 13.4 Å². The second kappa shape index (κ2) is 5.11. The number of hydrogen-bond donors (Lipinski definition) is 0. The molecule has 0 amide bonds. The van der Waals surface area contributed by atoms with Crippen LogP contribution in [0.3, 0.4) is 0 Å². The van der Waals surface area contributed by atoms with Crippen molar-refractivity contribution in [1.82, 2.24) is 4.98 Å². The van der Waals surface area contributed by atoms with Crippen molar-refractivity contribution in [3.8, 4) is 5.88 Å². The lowest BCUT2D eigenvalue weighted by atomic mass is 10.2. The molecular formula is C9H10F3NO4S. The van der Waals surface area contributed by atoms with E-state index in [0.29, 0.717) is 6.20 Å². The lowest BCUT2D eigenvalue weighted by Gasteiger charge is -2.11. The third-order valence-corrected chi connectivity index (χ3v) is 2.42. The zero-order valence-corrected chi connectivity index (χ0v) is 10.3. The van der Waals surface area contributed by atoms with E-state index >= 15 is 0 Å². The van der Waals surface area contributed by atoms with Crippen LogP contribution < -0.4 is 4.74 Å². The molecule has 1 aromatic heterocycles. The third-order valence-electron chi connectivity index (χ3n) is 1.87. The maximum absolute atomic E-state index is 12.4. The van der Waals surface area contributed by atoms with Crippen LogP contribution in [-0.2, 0) is 27.1 Å². The van der Waals surface area contributed by atoms with Gasteiger partial charge >= 0.3 is 6.18 Å². The van der Waals surface area contributed by atoms with E-state index in [9.17, 15) is 21.6 Å². The maximum atomic E-state index is 12.4. The van der Waals surface area contributed by atoms with E-state index in [2.05, 4.69) is 9.17 Å². The van der Waals surface area contributed by atoms with Gasteiger partial charge in [0.15, 0.2) is 0 Å². The molecule has 9 heteroatoms. The highest BCUT2D eigenvalue weighted by Crippen LogP contribution is 2.31. The molecule has 18 heavy (non-hydrogen) atoms. The van der Waals surface area contributed by atoms with Crippen molar-refractivity contribution < 1.29 is 30.5 Å².